The molecule has 29 heavy (non-hydrogen) atoms. The van der Waals surface area contributed by atoms with Crippen LogP contribution in [-0.2, 0) is 19.7 Å². The van der Waals surface area contributed by atoms with Gasteiger partial charge < -0.3 is 5.32 Å². The molecule has 11 heteroatoms. The summed E-state index contributed by atoms with van der Waals surface area (Å²) in [6.45, 7) is 2.95. The molecule has 0 radical (unpaired) electrons. The fraction of sp³-hybridized carbons (Fsp3) is 0.222. The molecule has 1 amide bonds. The number of carbonyl (C=O) groups excluding carboxylic acids is 2. The molecule has 0 aliphatic carbocycles. The van der Waals surface area contributed by atoms with Crippen LogP contribution in [0.4, 0.5) is 17.1 Å². The van der Waals surface area contributed by atoms with Crippen molar-refractivity contribution in [1.29, 1.82) is 0 Å². The van der Waals surface area contributed by atoms with E-state index >= 15 is 0 Å². The summed E-state index contributed by atoms with van der Waals surface area (Å²) in [6.07, 6.45) is 0. The molecule has 0 spiro atoms. The zero-order valence-electron chi connectivity index (χ0n) is 15.9. The second-order valence-electron chi connectivity index (χ2n) is 6.16. The minimum absolute atomic E-state index is 0.0789. The molecule has 0 fully saturated rings. The summed E-state index contributed by atoms with van der Waals surface area (Å²) in [5, 5.41) is 10.1. The van der Waals surface area contributed by atoms with Crippen LogP contribution in [0.3, 0.4) is 0 Å². The Labute approximate surface area is 167 Å². The van der Waals surface area contributed by atoms with Crippen LogP contribution in [-0.4, -0.2) is 42.5 Å². The van der Waals surface area contributed by atoms with Gasteiger partial charge in [0.1, 0.15) is 4.90 Å². The molecule has 2 aromatic carbocycles. The van der Waals surface area contributed by atoms with E-state index in [1.165, 1.54) is 6.92 Å². The number of rotatable bonds is 7. The molecule has 152 valence electrons. The fourth-order valence-electron chi connectivity index (χ4n) is 2.35. The third-order valence-corrected chi connectivity index (χ3v) is 4.75. The maximum Gasteiger partial charge on any atom is 0.294 e. The number of carbonyl (C=O) groups is 2. The molecule has 0 aliphatic heterocycles. The molecule has 2 N–H and O–H groups in total. The average Bonchev–Trinajstić information content (AvgIpc) is 2.62. The van der Waals surface area contributed by atoms with E-state index in [1.54, 1.807) is 31.2 Å². The highest BCUT2D eigenvalue weighted by molar-refractivity contribution is 7.85. The standard InChI is InChI=1S/C18H18N4O6S/c1-11-6-4-5-7-14(11)19-18(24)17(12(2)23)21-20-15-9-8-13(29(26,27)28)10-16(15)22(3)25/h4-10,17H,1-3H3,(H-,19,24,26,27,28)/p+1. The van der Waals surface area contributed by atoms with Crippen molar-refractivity contribution in [3.8, 4) is 0 Å². The van der Waals surface area contributed by atoms with E-state index in [0.29, 0.717) is 10.4 Å². The lowest BCUT2D eigenvalue weighted by atomic mass is 10.1. The van der Waals surface area contributed by atoms with Crippen molar-refractivity contribution >= 4 is 38.9 Å². The van der Waals surface area contributed by atoms with E-state index < -0.39 is 32.7 Å². The number of para-hydroxylation sites is 1. The van der Waals surface area contributed by atoms with Gasteiger partial charge in [0.05, 0.1) is 0 Å². The summed E-state index contributed by atoms with van der Waals surface area (Å²) in [6, 6.07) is 8.56. The van der Waals surface area contributed by atoms with Crippen molar-refractivity contribution in [1.82, 2.24) is 0 Å². The molecule has 1 unspecified atom stereocenters. The predicted molar refractivity (Wildman–Crippen MR) is 104 cm³/mol. The lowest BCUT2D eigenvalue weighted by Crippen LogP contribution is -2.32. The summed E-state index contributed by atoms with van der Waals surface area (Å²) in [5.74, 6) is -1.28. The Morgan fingerprint density at radius 3 is 2.38 bits per heavy atom. The number of ketones is 1. The lowest BCUT2D eigenvalue weighted by Gasteiger charge is -2.11. The summed E-state index contributed by atoms with van der Waals surface area (Å²) >= 11 is 0. The first-order chi connectivity index (χ1) is 13.5. The zero-order chi connectivity index (χ0) is 21.8. The summed E-state index contributed by atoms with van der Waals surface area (Å²) < 4.78 is 31.9. The second-order valence-corrected chi connectivity index (χ2v) is 7.58. The van der Waals surface area contributed by atoms with E-state index in [9.17, 15) is 22.9 Å². The molecule has 2 aromatic rings. The van der Waals surface area contributed by atoms with Crippen molar-refractivity contribution in [3.63, 3.8) is 0 Å². The Morgan fingerprint density at radius 2 is 1.83 bits per heavy atom. The number of anilines is 1. The molecular weight excluding hydrogens is 400 g/mol. The number of amides is 1. The maximum absolute atomic E-state index is 12.5. The van der Waals surface area contributed by atoms with Crippen LogP contribution in [0.1, 0.15) is 12.5 Å². The maximum atomic E-state index is 12.5. The van der Waals surface area contributed by atoms with Crippen molar-refractivity contribution < 1.29 is 27.3 Å². The normalized spacial score (nSPS) is 12.6. The van der Waals surface area contributed by atoms with E-state index in [4.69, 9.17) is 4.55 Å². The van der Waals surface area contributed by atoms with Gasteiger partial charge in [-0.2, -0.15) is 13.5 Å². The Morgan fingerprint density at radius 1 is 1.17 bits per heavy atom. The fourth-order valence-corrected chi connectivity index (χ4v) is 2.85. The van der Waals surface area contributed by atoms with Gasteiger partial charge in [-0.3, -0.25) is 14.1 Å². The number of azo groups is 1. The molecule has 0 saturated heterocycles. The minimum atomic E-state index is -4.53. The van der Waals surface area contributed by atoms with Gasteiger partial charge in [0.25, 0.3) is 21.7 Å². The monoisotopic (exact) mass is 419 g/mol. The molecule has 0 bridgehead atoms. The molecule has 0 aromatic heterocycles. The van der Waals surface area contributed by atoms with Crippen LogP contribution in [0, 0.1) is 11.8 Å². The Balaban J connectivity index is 2.35. The first kappa shape index (κ1) is 22.0. The van der Waals surface area contributed by atoms with Crippen LogP contribution < -0.4 is 5.32 Å². The molecule has 0 saturated carbocycles. The topological polar surface area (TPSA) is 145 Å². The Kier molecular flexibility index (Phi) is 6.67. The number of nitrogens with zero attached hydrogens (tertiary/aromatic N) is 3. The summed E-state index contributed by atoms with van der Waals surface area (Å²) in [4.78, 5) is 35.6. The number of benzene rings is 2. The van der Waals surface area contributed by atoms with Gasteiger partial charge in [-0.15, -0.1) is 5.11 Å². The quantitative estimate of drug-likeness (QED) is 0.305. The van der Waals surface area contributed by atoms with Gasteiger partial charge in [-0.05, 0) is 37.6 Å². The SMILES string of the molecule is CC(=O)C(N=Nc1ccc(S(=O)(=O)O)cc1[N+](C)=O)C(=O)Nc1ccccc1C. The minimum Gasteiger partial charge on any atom is -0.324 e. The van der Waals surface area contributed by atoms with Crippen molar-refractivity contribution in [2.45, 2.75) is 24.8 Å². The van der Waals surface area contributed by atoms with Crippen LogP contribution in [0.15, 0.2) is 57.6 Å². The highest BCUT2D eigenvalue weighted by Gasteiger charge is 2.25. The number of hydrogen-bond acceptors (Lipinski definition) is 7. The number of nitroso groups, excluding NO2 is 1. The summed E-state index contributed by atoms with van der Waals surface area (Å²) in [7, 11) is -3.44. The molecule has 1 atom stereocenters. The number of Topliss-reactive ketones (excluding diaryl/α,β-unsaturated/α-hetero) is 1. The highest BCUT2D eigenvalue weighted by atomic mass is 32.2. The third kappa shape index (κ3) is 5.59. The second kappa shape index (κ2) is 8.80. The molecule has 0 aliphatic rings. The molecule has 10 nitrogen and oxygen atoms in total. The number of aryl methyl sites for hydroxylation is 1. The molecule has 2 rings (SSSR count). The Bertz CT molecular complexity index is 1110. The number of hydrogen-bond donors (Lipinski definition) is 2. The van der Waals surface area contributed by atoms with E-state index in [0.717, 1.165) is 30.8 Å². The average molecular weight is 419 g/mol. The third-order valence-electron chi connectivity index (χ3n) is 3.90. The van der Waals surface area contributed by atoms with Crippen LogP contribution in [0.25, 0.3) is 0 Å². The van der Waals surface area contributed by atoms with Crippen LogP contribution >= 0.6 is 0 Å². The van der Waals surface area contributed by atoms with Gasteiger partial charge in [0.15, 0.2) is 18.5 Å². The molecule has 0 heterocycles. The van der Waals surface area contributed by atoms with E-state index in [2.05, 4.69) is 15.5 Å². The van der Waals surface area contributed by atoms with Crippen molar-refractivity contribution in [3.05, 3.63) is 52.9 Å². The van der Waals surface area contributed by atoms with Gasteiger partial charge in [-0.1, -0.05) is 18.2 Å². The molecular formula is C18H19N4O6S+. The first-order valence-electron chi connectivity index (χ1n) is 8.31. The van der Waals surface area contributed by atoms with Gasteiger partial charge in [-0.25, -0.2) is 0 Å². The first-order valence-corrected chi connectivity index (χ1v) is 9.75. The number of nitrogens with one attached hydrogen (secondary N) is 1. The van der Waals surface area contributed by atoms with Crippen LogP contribution in [0.5, 0.6) is 0 Å². The largest absolute Gasteiger partial charge is 0.324 e. The lowest BCUT2D eigenvalue weighted by molar-refractivity contribution is -0.427. The van der Waals surface area contributed by atoms with Crippen molar-refractivity contribution in [2.24, 2.45) is 10.2 Å². The van der Waals surface area contributed by atoms with Gasteiger partial charge in [0, 0.05) is 21.4 Å². The van der Waals surface area contributed by atoms with Gasteiger partial charge >= 0.3 is 0 Å². The smallest absolute Gasteiger partial charge is 0.294 e. The predicted octanol–water partition coefficient (Wildman–Crippen LogP) is 2.96. The van der Waals surface area contributed by atoms with Crippen LogP contribution in [0.2, 0.25) is 0 Å². The zero-order valence-corrected chi connectivity index (χ0v) is 16.7. The van der Waals surface area contributed by atoms with Gasteiger partial charge in [0.2, 0.25) is 6.04 Å². The van der Waals surface area contributed by atoms with E-state index in [-0.39, 0.29) is 11.4 Å². The van der Waals surface area contributed by atoms with Crippen molar-refractivity contribution in [2.75, 3.05) is 12.4 Å². The highest BCUT2D eigenvalue weighted by Crippen LogP contribution is 2.30. The Hall–Kier alpha value is -3.31. The van der Waals surface area contributed by atoms with E-state index in [1.807, 2.05) is 0 Å². The summed E-state index contributed by atoms with van der Waals surface area (Å²) in [5.41, 5.74) is 1.00.